The molecule has 5 heteroatoms. The number of amides is 1. The van der Waals surface area contributed by atoms with Crippen molar-refractivity contribution in [2.45, 2.75) is 0 Å². The molecule has 0 atom stereocenters. The fourth-order valence-corrected chi connectivity index (χ4v) is 1.11. The van der Waals surface area contributed by atoms with E-state index in [9.17, 15) is 4.79 Å². The molecule has 0 radical (unpaired) electrons. The summed E-state index contributed by atoms with van der Waals surface area (Å²) in [6, 6.07) is 7.14. The van der Waals surface area contributed by atoms with Gasteiger partial charge in [-0.15, -0.1) is 10.2 Å². The summed E-state index contributed by atoms with van der Waals surface area (Å²) in [4.78, 5) is 10.2. The zero-order valence-electron chi connectivity index (χ0n) is 7.18. The second-order valence-electron chi connectivity index (χ2n) is 2.59. The van der Waals surface area contributed by atoms with Crippen LogP contribution in [0.1, 0.15) is 0 Å². The SMILES string of the molecule is O=CNc1cccc(-c2nnco2)c1. The molecule has 0 saturated heterocycles. The van der Waals surface area contributed by atoms with Crippen molar-refractivity contribution < 1.29 is 9.21 Å². The Morgan fingerprint density at radius 2 is 2.36 bits per heavy atom. The van der Waals surface area contributed by atoms with Crippen molar-refractivity contribution in [2.75, 3.05) is 5.32 Å². The Labute approximate surface area is 79.8 Å². The van der Waals surface area contributed by atoms with Gasteiger partial charge >= 0.3 is 0 Å². The van der Waals surface area contributed by atoms with Crippen LogP contribution in [0.4, 0.5) is 5.69 Å². The van der Waals surface area contributed by atoms with Crippen LogP contribution in [0.15, 0.2) is 35.1 Å². The van der Waals surface area contributed by atoms with Gasteiger partial charge in [0, 0.05) is 11.3 Å². The van der Waals surface area contributed by atoms with Crippen LogP contribution in [0.25, 0.3) is 11.5 Å². The Hall–Kier alpha value is -2.17. The maximum absolute atomic E-state index is 10.2. The molecule has 2 aromatic rings. The summed E-state index contributed by atoms with van der Waals surface area (Å²) in [7, 11) is 0. The monoisotopic (exact) mass is 189 g/mol. The normalized spacial score (nSPS) is 9.71. The smallest absolute Gasteiger partial charge is 0.247 e. The molecule has 1 N–H and O–H groups in total. The van der Waals surface area contributed by atoms with Gasteiger partial charge in [0.2, 0.25) is 18.7 Å². The van der Waals surface area contributed by atoms with Crippen molar-refractivity contribution >= 4 is 12.1 Å². The van der Waals surface area contributed by atoms with Crippen LogP contribution >= 0.6 is 0 Å². The van der Waals surface area contributed by atoms with E-state index < -0.39 is 0 Å². The number of carbonyl (C=O) groups excluding carboxylic acids is 1. The maximum Gasteiger partial charge on any atom is 0.247 e. The van der Waals surface area contributed by atoms with E-state index in [1.165, 1.54) is 6.39 Å². The molecule has 0 unspecified atom stereocenters. The molecule has 1 aromatic carbocycles. The first-order valence-corrected chi connectivity index (χ1v) is 3.97. The number of hydrogen-bond acceptors (Lipinski definition) is 4. The predicted molar refractivity (Wildman–Crippen MR) is 49.4 cm³/mol. The fraction of sp³-hybridized carbons (Fsp3) is 0. The fourth-order valence-electron chi connectivity index (χ4n) is 1.11. The van der Waals surface area contributed by atoms with Crippen LogP contribution in [0, 0.1) is 0 Å². The summed E-state index contributed by atoms with van der Waals surface area (Å²) in [6.07, 6.45) is 1.88. The minimum Gasteiger partial charge on any atom is -0.423 e. The van der Waals surface area contributed by atoms with E-state index in [4.69, 9.17) is 4.42 Å². The zero-order chi connectivity index (χ0) is 9.80. The van der Waals surface area contributed by atoms with E-state index >= 15 is 0 Å². The summed E-state index contributed by atoms with van der Waals surface area (Å²) in [5.74, 6) is 0.430. The quantitative estimate of drug-likeness (QED) is 0.739. The van der Waals surface area contributed by atoms with E-state index in [-0.39, 0.29) is 0 Å². The van der Waals surface area contributed by atoms with Gasteiger partial charge in [-0.25, -0.2) is 0 Å². The second-order valence-corrected chi connectivity index (χ2v) is 2.59. The summed E-state index contributed by atoms with van der Waals surface area (Å²) in [5, 5.41) is 9.86. The first kappa shape index (κ1) is 8.43. The molecule has 2 rings (SSSR count). The van der Waals surface area contributed by atoms with E-state index in [0.717, 1.165) is 5.56 Å². The highest BCUT2D eigenvalue weighted by Crippen LogP contribution is 2.19. The molecular formula is C9H7N3O2. The molecule has 0 spiro atoms. The standard InChI is InChI=1S/C9H7N3O2/c13-5-10-8-3-1-2-7(4-8)9-12-11-6-14-9/h1-6H,(H,10,13). The number of nitrogens with one attached hydrogen (secondary N) is 1. The summed E-state index contributed by atoms with van der Waals surface area (Å²) in [6.45, 7) is 0. The first-order valence-electron chi connectivity index (χ1n) is 3.97. The summed E-state index contributed by atoms with van der Waals surface area (Å²) >= 11 is 0. The van der Waals surface area contributed by atoms with Gasteiger partial charge in [-0.05, 0) is 18.2 Å². The lowest BCUT2D eigenvalue weighted by Crippen LogP contribution is -1.93. The molecule has 0 bridgehead atoms. The van der Waals surface area contributed by atoms with Crippen molar-refractivity contribution in [2.24, 2.45) is 0 Å². The third kappa shape index (κ3) is 1.61. The molecule has 0 aliphatic rings. The predicted octanol–water partition coefficient (Wildman–Crippen LogP) is 1.30. The van der Waals surface area contributed by atoms with Crippen LogP contribution in [0.5, 0.6) is 0 Å². The van der Waals surface area contributed by atoms with Gasteiger partial charge in [0.1, 0.15) is 0 Å². The Bertz CT molecular complexity index is 425. The Morgan fingerprint density at radius 1 is 1.43 bits per heavy atom. The number of carbonyl (C=O) groups is 1. The third-order valence-electron chi connectivity index (χ3n) is 1.70. The molecule has 5 nitrogen and oxygen atoms in total. The average Bonchev–Trinajstić information content (AvgIpc) is 2.71. The van der Waals surface area contributed by atoms with Gasteiger partial charge in [0.15, 0.2) is 0 Å². The summed E-state index contributed by atoms with van der Waals surface area (Å²) < 4.78 is 5.01. The van der Waals surface area contributed by atoms with Crippen LogP contribution in [0.3, 0.4) is 0 Å². The molecular weight excluding hydrogens is 182 g/mol. The Balaban J connectivity index is 2.35. The maximum atomic E-state index is 10.2. The molecule has 70 valence electrons. The van der Waals surface area contributed by atoms with Gasteiger partial charge in [-0.3, -0.25) is 4.79 Å². The molecule has 0 saturated carbocycles. The molecule has 0 aliphatic heterocycles. The van der Waals surface area contributed by atoms with Crippen molar-refractivity contribution in [3.63, 3.8) is 0 Å². The van der Waals surface area contributed by atoms with Gasteiger partial charge in [-0.2, -0.15) is 0 Å². The number of nitrogens with zero attached hydrogens (tertiary/aromatic N) is 2. The van der Waals surface area contributed by atoms with E-state index in [0.29, 0.717) is 18.0 Å². The zero-order valence-corrected chi connectivity index (χ0v) is 7.18. The van der Waals surface area contributed by atoms with Gasteiger partial charge in [0.05, 0.1) is 0 Å². The molecule has 1 amide bonds. The highest BCUT2D eigenvalue weighted by Gasteiger charge is 2.03. The minimum atomic E-state index is 0.430. The van der Waals surface area contributed by atoms with Crippen molar-refractivity contribution in [3.05, 3.63) is 30.7 Å². The highest BCUT2D eigenvalue weighted by molar-refractivity contribution is 5.73. The van der Waals surface area contributed by atoms with E-state index in [1.54, 1.807) is 18.2 Å². The van der Waals surface area contributed by atoms with Crippen molar-refractivity contribution in [1.29, 1.82) is 0 Å². The van der Waals surface area contributed by atoms with Gasteiger partial charge in [-0.1, -0.05) is 6.07 Å². The average molecular weight is 189 g/mol. The second kappa shape index (κ2) is 3.69. The van der Waals surface area contributed by atoms with E-state index in [2.05, 4.69) is 15.5 Å². The lowest BCUT2D eigenvalue weighted by atomic mass is 10.2. The Kier molecular flexibility index (Phi) is 2.22. The number of anilines is 1. The number of aromatic nitrogens is 2. The van der Waals surface area contributed by atoms with Gasteiger partial charge in [0.25, 0.3) is 0 Å². The summed E-state index contributed by atoms with van der Waals surface area (Å²) in [5.41, 5.74) is 1.46. The molecule has 0 aliphatic carbocycles. The van der Waals surface area contributed by atoms with Crippen LogP contribution in [0.2, 0.25) is 0 Å². The van der Waals surface area contributed by atoms with Crippen LogP contribution < -0.4 is 5.32 Å². The van der Waals surface area contributed by atoms with E-state index in [1.807, 2.05) is 6.07 Å². The van der Waals surface area contributed by atoms with Crippen molar-refractivity contribution in [3.8, 4) is 11.5 Å². The largest absolute Gasteiger partial charge is 0.423 e. The van der Waals surface area contributed by atoms with Gasteiger partial charge < -0.3 is 9.73 Å². The highest BCUT2D eigenvalue weighted by atomic mass is 16.4. The topological polar surface area (TPSA) is 68.0 Å². The molecule has 1 heterocycles. The molecule has 14 heavy (non-hydrogen) atoms. The lowest BCUT2D eigenvalue weighted by Gasteiger charge is -1.99. The Morgan fingerprint density at radius 3 is 3.07 bits per heavy atom. The minimum absolute atomic E-state index is 0.430. The molecule has 0 fully saturated rings. The number of hydrogen-bond donors (Lipinski definition) is 1. The van der Waals surface area contributed by atoms with Crippen LogP contribution in [-0.2, 0) is 4.79 Å². The van der Waals surface area contributed by atoms with Crippen molar-refractivity contribution in [1.82, 2.24) is 10.2 Å². The number of rotatable bonds is 3. The van der Waals surface area contributed by atoms with Crippen LogP contribution in [-0.4, -0.2) is 16.6 Å². The number of benzene rings is 1. The third-order valence-corrected chi connectivity index (χ3v) is 1.70. The lowest BCUT2D eigenvalue weighted by molar-refractivity contribution is -0.105. The first-order chi connectivity index (χ1) is 6.90. The molecule has 1 aromatic heterocycles.